The maximum Gasteiger partial charge on any atom is 0.0431 e. The third-order valence-corrected chi connectivity index (χ3v) is 3.68. The zero-order chi connectivity index (χ0) is 12.3. The van der Waals surface area contributed by atoms with Gasteiger partial charge in [-0.3, -0.25) is 0 Å². The van der Waals surface area contributed by atoms with Crippen molar-refractivity contribution in [3.8, 4) is 0 Å². The highest BCUT2D eigenvalue weighted by Gasteiger charge is 1.99. The average Bonchev–Trinajstić information content (AvgIpc) is 2.36. The van der Waals surface area contributed by atoms with Crippen LogP contribution in [0.5, 0.6) is 0 Å². The van der Waals surface area contributed by atoms with Crippen LogP contribution in [-0.4, -0.2) is 42.5 Å². The molecule has 1 aromatic rings. The standard InChI is InChI=1S/C14H23NOS/c1-15(10-6-3-7-12-16)11-13-17-14-8-4-2-5-9-14/h2,4-5,8-9,16H,3,6-7,10-13H2,1H3. The van der Waals surface area contributed by atoms with Gasteiger partial charge in [-0.25, -0.2) is 0 Å². The molecule has 0 heterocycles. The molecule has 0 amide bonds. The van der Waals surface area contributed by atoms with E-state index in [9.17, 15) is 0 Å². The van der Waals surface area contributed by atoms with E-state index >= 15 is 0 Å². The summed E-state index contributed by atoms with van der Waals surface area (Å²) < 4.78 is 0. The largest absolute Gasteiger partial charge is 0.396 e. The topological polar surface area (TPSA) is 23.5 Å². The van der Waals surface area contributed by atoms with Crippen LogP contribution in [0, 0.1) is 0 Å². The normalized spacial score (nSPS) is 11.0. The van der Waals surface area contributed by atoms with Gasteiger partial charge in [0.1, 0.15) is 0 Å². The first kappa shape index (κ1) is 14.6. The van der Waals surface area contributed by atoms with Crippen LogP contribution < -0.4 is 0 Å². The summed E-state index contributed by atoms with van der Waals surface area (Å²) in [6, 6.07) is 10.5. The Hall–Kier alpha value is -0.510. The van der Waals surface area contributed by atoms with Gasteiger partial charge in [0.05, 0.1) is 0 Å². The fourth-order valence-electron chi connectivity index (χ4n) is 1.62. The molecule has 1 rings (SSSR count). The summed E-state index contributed by atoms with van der Waals surface area (Å²) in [5.41, 5.74) is 0. The van der Waals surface area contributed by atoms with Crippen molar-refractivity contribution < 1.29 is 5.11 Å². The van der Waals surface area contributed by atoms with Crippen molar-refractivity contribution in [2.45, 2.75) is 24.2 Å². The Balaban J connectivity index is 2.02. The van der Waals surface area contributed by atoms with Crippen LogP contribution in [0.25, 0.3) is 0 Å². The molecule has 0 aliphatic heterocycles. The molecule has 0 aliphatic rings. The Morgan fingerprint density at radius 2 is 1.82 bits per heavy atom. The lowest BCUT2D eigenvalue weighted by molar-refractivity contribution is 0.275. The molecule has 0 saturated heterocycles. The van der Waals surface area contributed by atoms with Gasteiger partial charge in [0.2, 0.25) is 0 Å². The zero-order valence-electron chi connectivity index (χ0n) is 10.6. The predicted molar refractivity (Wildman–Crippen MR) is 75.6 cm³/mol. The predicted octanol–water partition coefficient (Wildman–Crippen LogP) is 2.87. The summed E-state index contributed by atoms with van der Waals surface area (Å²) in [7, 11) is 2.17. The highest BCUT2D eigenvalue weighted by Crippen LogP contribution is 2.16. The second-order valence-corrected chi connectivity index (χ2v) is 5.42. The summed E-state index contributed by atoms with van der Waals surface area (Å²) >= 11 is 1.91. The molecule has 0 bridgehead atoms. The number of hydrogen-bond acceptors (Lipinski definition) is 3. The van der Waals surface area contributed by atoms with E-state index in [1.54, 1.807) is 0 Å². The van der Waals surface area contributed by atoms with Gasteiger partial charge in [-0.05, 0) is 45.0 Å². The van der Waals surface area contributed by atoms with Crippen molar-refractivity contribution in [2.24, 2.45) is 0 Å². The molecular formula is C14H23NOS. The SMILES string of the molecule is CN(CCCCCO)CCSc1ccccc1. The van der Waals surface area contributed by atoms with E-state index in [0.29, 0.717) is 6.61 Å². The molecule has 1 aromatic carbocycles. The zero-order valence-corrected chi connectivity index (χ0v) is 11.5. The van der Waals surface area contributed by atoms with E-state index in [1.165, 1.54) is 11.3 Å². The number of thioether (sulfide) groups is 1. The van der Waals surface area contributed by atoms with Gasteiger partial charge in [-0.15, -0.1) is 11.8 Å². The summed E-state index contributed by atoms with van der Waals surface area (Å²) in [6.45, 7) is 2.58. The van der Waals surface area contributed by atoms with Gasteiger partial charge in [0.25, 0.3) is 0 Å². The third-order valence-electron chi connectivity index (χ3n) is 2.68. The fraction of sp³-hybridized carbons (Fsp3) is 0.571. The van der Waals surface area contributed by atoms with Crippen molar-refractivity contribution in [3.05, 3.63) is 30.3 Å². The van der Waals surface area contributed by atoms with Gasteiger partial charge in [-0.2, -0.15) is 0 Å². The molecule has 0 spiro atoms. The molecule has 0 unspecified atom stereocenters. The second-order valence-electron chi connectivity index (χ2n) is 4.25. The summed E-state index contributed by atoms with van der Waals surface area (Å²) in [4.78, 5) is 3.72. The number of nitrogens with zero attached hydrogens (tertiary/aromatic N) is 1. The summed E-state index contributed by atoms with van der Waals surface area (Å²) in [5.74, 6) is 1.14. The van der Waals surface area contributed by atoms with Crippen molar-refractivity contribution in [1.82, 2.24) is 4.90 Å². The van der Waals surface area contributed by atoms with Crippen molar-refractivity contribution >= 4 is 11.8 Å². The number of hydrogen-bond donors (Lipinski definition) is 1. The van der Waals surface area contributed by atoms with Crippen molar-refractivity contribution in [3.63, 3.8) is 0 Å². The molecule has 0 fully saturated rings. The Bertz CT molecular complexity index is 279. The number of aliphatic hydroxyl groups excluding tert-OH is 1. The van der Waals surface area contributed by atoms with E-state index in [1.807, 2.05) is 11.8 Å². The quantitative estimate of drug-likeness (QED) is 0.541. The molecule has 0 atom stereocenters. The smallest absolute Gasteiger partial charge is 0.0431 e. The molecule has 0 saturated carbocycles. The monoisotopic (exact) mass is 253 g/mol. The maximum absolute atomic E-state index is 8.68. The Labute approximate surface area is 109 Å². The second kappa shape index (κ2) is 9.51. The first-order valence-electron chi connectivity index (χ1n) is 6.30. The molecule has 1 N–H and O–H groups in total. The van der Waals surface area contributed by atoms with Gasteiger partial charge < -0.3 is 10.0 Å². The summed E-state index contributed by atoms with van der Waals surface area (Å²) in [6.07, 6.45) is 3.26. The number of aliphatic hydroxyl groups is 1. The Morgan fingerprint density at radius 1 is 1.06 bits per heavy atom. The van der Waals surface area contributed by atoms with E-state index in [2.05, 4.69) is 42.3 Å². The minimum Gasteiger partial charge on any atom is -0.396 e. The van der Waals surface area contributed by atoms with E-state index in [-0.39, 0.29) is 0 Å². The molecule has 3 heteroatoms. The molecular weight excluding hydrogens is 230 g/mol. The lowest BCUT2D eigenvalue weighted by Gasteiger charge is -2.15. The van der Waals surface area contributed by atoms with Crippen LogP contribution in [0.2, 0.25) is 0 Å². The van der Waals surface area contributed by atoms with Crippen LogP contribution in [0.15, 0.2) is 35.2 Å². The molecule has 0 radical (unpaired) electrons. The van der Waals surface area contributed by atoms with Crippen molar-refractivity contribution in [2.75, 3.05) is 32.5 Å². The highest BCUT2D eigenvalue weighted by molar-refractivity contribution is 7.99. The lowest BCUT2D eigenvalue weighted by Crippen LogP contribution is -2.22. The molecule has 96 valence electrons. The molecule has 17 heavy (non-hydrogen) atoms. The van der Waals surface area contributed by atoms with Crippen LogP contribution in [0.3, 0.4) is 0 Å². The number of rotatable bonds is 9. The van der Waals surface area contributed by atoms with Gasteiger partial charge >= 0.3 is 0 Å². The molecule has 2 nitrogen and oxygen atoms in total. The highest BCUT2D eigenvalue weighted by atomic mass is 32.2. The minimum absolute atomic E-state index is 0.327. The van der Waals surface area contributed by atoms with E-state index in [0.717, 1.165) is 31.7 Å². The van der Waals surface area contributed by atoms with Gasteiger partial charge in [0, 0.05) is 23.8 Å². The Morgan fingerprint density at radius 3 is 2.53 bits per heavy atom. The van der Waals surface area contributed by atoms with Crippen LogP contribution >= 0.6 is 11.8 Å². The average molecular weight is 253 g/mol. The third kappa shape index (κ3) is 7.42. The molecule has 0 aromatic heterocycles. The van der Waals surface area contributed by atoms with Gasteiger partial charge in [-0.1, -0.05) is 18.2 Å². The maximum atomic E-state index is 8.68. The number of benzene rings is 1. The van der Waals surface area contributed by atoms with E-state index in [4.69, 9.17) is 5.11 Å². The summed E-state index contributed by atoms with van der Waals surface area (Å²) in [5, 5.41) is 8.68. The first-order valence-corrected chi connectivity index (χ1v) is 7.28. The fourth-order valence-corrected chi connectivity index (χ4v) is 2.61. The molecule has 0 aliphatic carbocycles. The van der Waals surface area contributed by atoms with Crippen molar-refractivity contribution in [1.29, 1.82) is 0 Å². The minimum atomic E-state index is 0.327. The first-order chi connectivity index (χ1) is 8.33. The van der Waals surface area contributed by atoms with Crippen LogP contribution in [0.1, 0.15) is 19.3 Å². The van der Waals surface area contributed by atoms with Crippen LogP contribution in [0.4, 0.5) is 0 Å². The number of unbranched alkanes of at least 4 members (excludes halogenated alkanes) is 2. The van der Waals surface area contributed by atoms with E-state index < -0.39 is 0 Å². The Kier molecular flexibility index (Phi) is 8.14. The lowest BCUT2D eigenvalue weighted by atomic mass is 10.2. The van der Waals surface area contributed by atoms with Gasteiger partial charge in [0.15, 0.2) is 0 Å². The van der Waals surface area contributed by atoms with Crippen LogP contribution in [-0.2, 0) is 0 Å².